The van der Waals surface area contributed by atoms with Crippen LogP contribution in [0, 0.1) is 17.8 Å². The zero-order valence-corrected chi connectivity index (χ0v) is 18.8. The lowest BCUT2D eigenvalue weighted by atomic mass is 9.69. The Hall–Kier alpha value is -2.40. The van der Waals surface area contributed by atoms with E-state index in [2.05, 4.69) is 19.9 Å². The van der Waals surface area contributed by atoms with Crippen LogP contribution in [0.4, 0.5) is 0 Å². The van der Waals surface area contributed by atoms with E-state index in [0.29, 0.717) is 19.6 Å². The first kappa shape index (κ1) is 21.8. The summed E-state index contributed by atoms with van der Waals surface area (Å²) < 4.78 is 6.23. The summed E-state index contributed by atoms with van der Waals surface area (Å²) in [4.78, 5) is 27.5. The van der Waals surface area contributed by atoms with Gasteiger partial charge in [0.15, 0.2) is 0 Å². The molecule has 1 aromatic carbocycles. The fraction of sp³-hybridized carbons (Fsp3) is 0.538. The molecule has 0 radical (unpaired) electrons. The number of benzene rings is 1. The lowest BCUT2D eigenvalue weighted by Crippen LogP contribution is -2.34. The van der Waals surface area contributed by atoms with Crippen molar-refractivity contribution in [2.75, 3.05) is 13.2 Å². The molecule has 0 bridgehead atoms. The number of hydrogen-bond donors (Lipinski definition) is 1. The van der Waals surface area contributed by atoms with E-state index in [0.717, 1.165) is 31.2 Å². The van der Waals surface area contributed by atoms with E-state index in [-0.39, 0.29) is 41.4 Å². The molecule has 1 aliphatic carbocycles. The Morgan fingerprint density at radius 1 is 1.23 bits per heavy atom. The van der Waals surface area contributed by atoms with Crippen LogP contribution in [0.1, 0.15) is 58.4 Å². The first-order valence-corrected chi connectivity index (χ1v) is 11.6. The summed E-state index contributed by atoms with van der Waals surface area (Å²) in [5.41, 5.74) is 4.84. The van der Waals surface area contributed by atoms with Crippen molar-refractivity contribution >= 4 is 17.9 Å². The molecule has 2 aliphatic heterocycles. The molecule has 2 saturated heterocycles. The SMILES string of the molecule is CCCN1C(=O)[C@@H]2[C@@H](CC(CC)=C3[C@@H](CC/C(C)=C/c4cccc(O)c4)OC[C@@H]32)C1=O. The number of allylic oxidation sites excluding steroid dienone is 2. The Kier molecular flexibility index (Phi) is 6.33. The summed E-state index contributed by atoms with van der Waals surface area (Å²) in [6.45, 7) is 7.32. The first-order chi connectivity index (χ1) is 14.9. The van der Waals surface area contributed by atoms with Gasteiger partial charge >= 0.3 is 0 Å². The minimum atomic E-state index is -0.238. The van der Waals surface area contributed by atoms with Crippen molar-refractivity contribution in [3.05, 3.63) is 46.5 Å². The second-order valence-corrected chi connectivity index (χ2v) is 9.13. The molecule has 1 N–H and O–H groups in total. The molecule has 5 nitrogen and oxygen atoms in total. The van der Waals surface area contributed by atoms with Crippen molar-refractivity contribution in [2.45, 2.75) is 59.0 Å². The molecule has 4 rings (SSSR count). The van der Waals surface area contributed by atoms with Gasteiger partial charge in [-0.15, -0.1) is 0 Å². The van der Waals surface area contributed by atoms with E-state index in [1.807, 2.05) is 19.1 Å². The van der Waals surface area contributed by atoms with Crippen molar-refractivity contribution in [2.24, 2.45) is 17.8 Å². The lowest BCUT2D eigenvalue weighted by Gasteiger charge is -2.31. The Labute approximate surface area is 184 Å². The average Bonchev–Trinajstić information content (AvgIpc) is 3.27. The molecule has 5 heteroatoms. The molecule has 166 valence electrons. The van der Waals surface area contributed by atoms with Crippen LogP contribution in [0.2, 0.25) is 0 Å². The van der Waals surface area contributed by atoms with Crippen LogP contribution in [-0.2, 0) is 14.3 Å². The smallest absolute Gasteiger partial charge is 0.233 e. The Morgan fingerprint density at radius 3 is 2.74 bits per heavy atom. The highest BCUT2D eigenvalue weighted by Crippen LogP contribution is 2.50. The van der Waals surface area contributed by atoms with E-state index in [4.69, 9.17) is 4.74 Å². The van der Waals surface area contributed by atoms with Gasteiger partial charge in [-0.25, -0.2) is 0 Å². The van der Waals surface area contributed by atoms with Crippen LogP contribution in [0.15, 0.2) is 41.0 Å². The number of rotatable bonds is 7. The summed E-state index contributed by atoms with van der Waals surface area (Å²) >= 11 is 0. The largest absolute Gasteiger partial charge is 0.508 e. The standard InChI is InChI=1S/C26H33NO4/c1-4-11-27-25(29)20-14-18(5-2)23-21(24(20)26(27)30)15-31-22(23)10-9-16(3)12-17-7-6-8-19(28)13-17/h6-8,12-13,20-22,24,28H,4-5,9-11,14-15H2,1-3H3/b16-12+/t20-,21+,22-,24-/m1/s1. The van der Waals surface area contributed by atoms with Crippen molar-refractivity contribution in [1.29, 1.82) is 0 Å². The van der Waals surface area contributed by atoms with Crippen LogP contribution in [0.5, 0.6) is 5.75 Å². The van der Waals surface area contributed by atoms with Crippen molar-refractivity contribution in [3.8, 4) is 5.75 Å². The number of ether oxygens (including phenoxy) is 1. The third kappa shape index (κ3) is 4.08. The molecule has 2 fully saturated rings. The van der Waals surface area contributed by atoms with Crippen molar-refractivity contribution in [1.82, 2.24) is 4.90 Å². The van der Waals surface area contributed by atoms with Gasteiger partial charge in [0.2, 0.25) is 11.8 Å². The zero-order chi connectivity index (χ0) is 22.1. The Morgan fingerprint density at radius 2 is 2.03 bits per heavy atom. The number of likely N-dealkylation sites (tertiary alicyclic amines) is 1. The number of nitrogens with zero attached hydrogens (tertiary/aromatic N) is 1. The predicted octanol–water partition coefficient (Wildman–Crippen LogP) is 4.71. The zero-order valence-electron chi connectivity index (χ0n) is 18.8. The highest BCUT2D eigenvalue weighted by molar-refractivity contribution is 6.05. The third-order valence-electron chi connectivity index (χ3n) is 7.06. The van der Waals surface area contributed by atoms with Gasteiger partial charge in [-0.05, 0) is 62.3 Å². The topological polar surface area (TPSA) is 66.8 Å². The van der Waals surface area contributed by atoms with Gasteiger partial charge in [-0.1, -0.05) is 43.2 Å². The number of imide groups is 1. The maximum atomic E-state index is 13.1. The first-order valence-electron chi connectivity index (χ1n) is 11.6. The fourth-order valence-corrected chi connectivity index (χ4v) is 5.65. The molecule has 3 aliphatic rings. The van der Waals surface area contributed by atoms with E-state index in [9.17, 15) is 14.7 Å². The summed E-state index contributed by atoms with van der Waals surface area (Å²) in [7, 11) is 0. The number of hydrogen-bond acceptors (Lipinski definition) is 4. The average molecular weight is 424 g/mol. The summed E-state index contributed by atoms with van der Waals surface area (Å²) in [5.74, 6) is -0.0806. The van der Waals surface area contributed by atoms with Gasteiger partial charge < -0.3 is 9.84 Å². The van der Waals surface area contributed by atoms with E-state index in [1.165, 1.54) is 21.6 Å². The van der Waals surface area contributed by atoms with E-state index < -0.39 is 0 Å². The predicted molar refractivity (Wildman–Crippen MR) is 120 cm³/mol. The second kappa shape index (κ2) is 8.99. The van der Waals surface area contributed by atoms with Crippen LogP contribution in [0.3, 0.4) is 0 Å². The minimum absolute atomic E-state index is 0.0127. The van der Waals surface area contributed by atoms with Crippen molar-refractivity contribution in [3.63, 3.8) is 0 Å². The molecule has 1 aromatic rings. The number of carbonyl (C=O) groups is 2. The van der Waals surface area contributed by atoms with Crippen LogP contribution >= 0.6 is 0 Å². The molecule has 0 unspecified atom stereocenters. The summed E-state index contributed by atoms with van der Waals surface area (Å²) in [6.07, 6.45) is 6.28. The maximum Gasteiger partial charge on any atom is 0.233 e. The number of aromatic hydroxyl groups is 1. The highest BCUT2D eigenvalue weighted by Gasteiger charge is 2.56. The molecule has 2 amide bonds. The maximum absolute atomic E-state index is 13.1. The Bertz CT molecular complexity index is 931. The van der Waals surface area contributed by atoms with Gasteiger partial charge in [0.05, 0.1) is 24.5 Å². The van der Waals surface area contributed by atoms with Gasteiger partial charge in [-0.2, -0.15) is 0 Å². The number of phenols is 1. The van der Waals surface area contributed by atoms with Crippen molar-refractivity contribution < 1.29 is 19.4 Å². The molecule has 0 aromatic heterocycles. The molecule has 0 spiro atoms. The third-order valence-corrected chi connectivity index (χ3v) is 7.06. The van der Waals surface area contributed by atoms with E-state index >= 15 is 0 Å². The Balaban J connectivity index is 1.50. The van der Waals surface area contributed by atoms with Gasteiger partial charge in [0, 0.05) is 12.5 Å². The summed E-state index contributed by atoms with van der Waals surface area (Å²) in [5, 5.41) is 9.67. The monoisotopic (exact) mass is 423 g/mol. The molecular weight excluding hydrogens is 390 g/mol. The van der Waals surface area contributed by atoms with Gasteiger partial charge in [-0.3, -0.25) is 14.5 Å². The van der Waals surface area contributed by atoms with Gasteiger partial charge in [0.1, 0.15) is 5.75 Å². The molecule has 0 saturated carbocycles. The van der Waals surface area contributed by atoms with Gasteiger partial charge in [0.25, 0.3) is 0 Å². The van der Waals surface area contributed by atoms with E-state index in [1.54, 1.807) is 12.1 Å². The number of amides is 2. The quantitative estimate of drug-likeness (QED) is 0.509. The molecule has 31 heavy (non-hydrogen) atoms. The number of phenolic OH excluding ortho intramolecular Hbond substituents is 1. The second-order valence-electron chi connectivity index (χ2n) is 9.13. The van der Waals surface area contributed by atoms with Crippen LogP contribution in [0.25, 0.3) is 6.08 Å². The van der Waals surface area contributed by atoms with Crippen LogP contribution < -0.4 is 0 Å². The number of fused-ring (bicyclic) bond motifs is 3. The lowest BCUT2D eigenvalue weighted by molar-refractivity contribution is -0.140. The molecule has 2 heterocycles. The molecular formula is C26H33NO4. The summed E-state index contributed by atoms with van der Waals surface area (Å²) in [6, 6.07) is 7.26. The minimum Gasteiger partial charge on any atom is -0.508 e. The number of carbonyl (C=O) groups excluding carboxylic acids is 2. The van der Waals surface area contributed by atoms with Crippen LogP contribution in [-0.4, -0.2) is 41.1 Å². The molecule has 4 atom stereocenters. The highest BCUT2D eigenvalue weighted by atomic mass is 16.5. The normalized spacial score (nSPS) is 28.4. The fourth-order valence-electron chi connectivity index (χ4n) is 5.65.